The molecule has 1 aromatic rings. The van der Waals surface area contributed by atoms with Gasteiger partial charge in [0.1, 0.15) is 5.82 Å². The third-order valence-corrected chi connectivity index (χ3v) is 2.43. The Labute approximate surface area is 82.8 Å². The molecule has 0 bridgehead atoms. The van der Waals surface area contributed by atoms with Crippen molar-refractivity contribution in [3.8, 4) is 0 Å². The van der Waals surface area contributed by atoms with Crippen LogP contribution in [0.15, 0.2) is 12.1 Å². The van der Waals surface area contributed by atoms with Crippen molar-refractivity contribution < 1.29 is 9.41 Å². The zero-order valence-electron chi connectivity index (χ0n) is 7.78. The Morgan fingerprint density at radius 3 is 2.64 bits per heavy atom. The SMILES string of the molecule is O[B]c1ccc(N2CCCC2)nc1F. The lowest BCUT2D eigenvalue weighted by molar-refractivity contribution is 0.578. The van der Waals surface area contributed by atoms with Crippen molar-refractivity contribution in [2.75, 3.05) is 18.0 Å². The molecule has 1 aromatic heterocycles. The van der Waals surface area contributed by atoms with Crippen molar-refractivity contribution in [2.24, 2.45) is 0 Å². The number of halogens is 1. The second-order valence-corrected chi connectivity index (χ2v) is 3.37. The lowest BCUT2D eigenvalue weighted by atomic mass is 9.90. The molecule has 0 aliphatic carbocycles. The average molecular weight is 193 g/mol. The van der Waals surface area contributed by atoms with Gasteiger partial charge in [0, 0.05) is 18.6 Å². The Morgan fingerprint density at radius 1 is 1.36 bits per heavy atom. The summed E-state index contributed by atoms with van der Waals surface area (Å²) in [5.74, 6) is 0.0440. The summed E-state index contributed by atoms with van der Waals surface area (Å²) in [4.78, 5) is 5.84. The van der Waals surface area contributed by atoms with Crippen LogP contribution in [-0.2, 0) is 0 Å². The van der Waals surface area contributed by atoms with Crippen molar-refractivity contribution in [3.05, 3.63) is 18.1 Å². The molecule has 0 amide bonds. The Hall–Kier alpha value is -1.10. The van der Waals surface area contributed by atoms with Gasteiger partial charge in [-0.05, 0) is 18.9 Å². The van der Waals surface area contributed by atoms with E-state index in [1.807, 2.05) is 4.90 Å². The van der Waals surface area contributed by atoms with E-state index >= 15 is 0 Å². The number of nitrogens with zero attached hydrogens (tertiary/aromatic N) is 2. The molecule has 5 heteroatoms. The molecule has 3 nitrogen and oxygen atoms in total. The van der Waals surface area contributed by atoms with Crippen LogP contribution in [0, 0.1) is 5.95 Å². The van der Waals surface area contributed by atoms with Crippen LogP contribution in [0.25, 0.3) is 0 Å². The first-order chi connectivity index (χ1) is 6.81. The zero-order valence-corrected chi connectivity index (χ0v) is 7.78. The van der Waals surface area contributed by atoms with Gasteiger partial charge in [-0.1, -0.05) is 6.07 Å². The number of anilines is 1. The van der Waals surface area contributed by atoms with Gasteiger partial charge < -0.3 is 9.92 Å². The van der Waals surface area contributed by atoms with E-state index in [1.165, 1.54) is 6.07 Å². The fourth-order valence-electron chi connectivity index (χ4n) is 1.65. The molecule has 0 atom stereocenters. The summed E-state index contributed by atoms with van der Waals surface area (Å²) in [6.07, 6.45) is 2.27. The molecular formula is C9H11BFN2O. The molecule has 1 saturated heterocycles. The smallest absolute Gasteiger partial charge is 0.331 e. The molecular weight excluding hydrogens is 182 g/mol. The Balaban J connectivity index is 2.23. The minimum Gasteiger partial charge on any atom is -0.450 e. The average Bonchev–Trinajstić information content (AvgIpc) is 2.70. The van der Waals surface area contributed by atoms with Crippen molar-refractivity contribution in [1.29, 1.82) is 0 Å². The Bertz CT molecular complexity index is 329. The van der Waals surface area contributed by atoms with Crippen LogP contribution < -0.4 is 10.4 Å². The molecule has 1 N–H and O–H groups in total. The minimum atomic E-state index is -0.614. The summed E-state index contributed by atoms with van der Waals surface area (Å²) in [5, 5.41) is 8.66. The number of pyridine rings is 1. The van der Waals surface area contributed by atoms with Gasteiger partial charge in [-0.15, -0.1) is 0 Å². The first-order valence-corrected chi connectivity index (χ1v) is 4.70. The maximum absolute atomic E-state index is 13.2. The van der Waals surface area contributed by atoms with E-state index < -0.39 is 5.95 Å². The molecule has 1 aliphatic heterocycles. The monoisotopic (exact) mass is 193 g/mol. The predicted molar refractivity (Wildman–Crippen MR) is 53.2 cm³/mol. The van der Waals surface area contributed by atoms with Gasteiger partial charge in [-0.2, -0.15) is 4.39 Å². The molecule has 1 fully saturated rings. The van der Waals surface area contributed by atoms with E-state index in [4.69, 9.17) is 5.02 Å². The van der Waals surface area contributed by atoms with E-state index in [0.717, 1.165) is 33.4 Å². The van der Waals surface area contributed by atoms with Crippen molar-refractivity contribution >= 4 is 18.8 Å². The quantitative estimate of drug-likeness (QED) is 0.532. The molecule has 1 radical (unpaired) electrons. The van der Waals surface area contributed by atoms with Gasteiger partial charge in [0.2, 0.25) is 5.95 Å². The van der Waals surface area contributed by atoms with E-state index in [0.29, 0.717) is 5.82 Å². The molecule has 2 heterocycles. The van der Waals surface area contributed by atoms with Crippen LogP contribution in [-0.4, -0.2) is 30.6 Å². The maximum Gasteiger partial charge on any atom is 0.331 e. The molecule has 73 valence electrons. The number of hydrogen-bond donors (Lipinski definition) is 1. The fourth-order valence-corrected chi connectivity index (χ4v) is 1.65. The standard InChI is InChI=1S/C9H11BFN2O/c11-9-7(10-14)3-4-8(12-9)13-5-1-2-6-13/h3-4,14H,1-2,5-6H2. The summed E-state index contributed by atoms with van der Waals surface area (Å²) in [7, 11) is 0.732. The highest BCUT2D eigenvalue weighted by Gasteiger charge is 2.15. The minimum absolute atomic E-state index is 0.132. The summed E-state index contributed by atoms with van der Waals surface area (Å²) in [6.45, 7) is 1.88. The summed E-state index contributed by atoms with van der Waals surface area (Å²) < 4.78 is 13.2. The van der Waals surface area contributed by atoms with Crippen LogP contribution in [0.5, 0.6) is 0 Å². The highest BCUT2D eigenvalue weighted by atomic mass is 19.1. The number of aromatic nitrogens is 1. The molecule has 1 aliphatic rings. The van der Waals surface area contributed by atoms with E-state index in [9.17, 15) is 4.39 Å². The highest BCUT2D eigenvalue weighted by molar-refractivity contribution is 6.45. The third kappa shape index (κ3) is 1.72. The highest BCUT2D eigenvalue weighted by Crippen LogP contribution is 2.16. The van der Waals surface area contributed by atoms with Crippen LogP contribution in [0.1, 0.15) is 12.8 Å². The molecule has 2 rings (SSSR count). The summed E-state index contributed by atoms with van der Waals surface area (Å²) in [6, 6.07) is 3.27. The van der Waals surface area contributed by atoms with Crippen LogP contribution >= 0.6 is 0 Å². The predicted octanol–water partition coefficient (Wildman–Crippen LogP) is 0.0577. The normalized spacial score (nSPS) is 16.0. The van der Waals surface area contributed by atoms with E-state index in [1.54, 1.807) is 6.07 Å². The Morgan fingerprint density at radius 2 is 2.07 bits per heavy atom. The van der Waals surface area contributed by atoms with Gasteiger partial charge in [0.15, 0.2) is 0 Å². The van der Waals surface area contributed by atoms with Crippen molar-refractivity contribution in [2.45, 2.75) is 12.8 Å². The lowest BCUT2D eigenvalue weighted by Gasteiger charge is -2.16. The first kappa shape index (κ1) is 9.46. The van der Waals surface area contributed by atoms with Crippen molar-refractivity contribution in [3.63, 3.8) is 0 Å². The zero-order chi connectivity index (χ0) is 9.97. The van der Waals surface area contributed by atoms with E-state index in [2.05, 4.69) is 4.98 Å². The second-order valence-electron chi connectivity index (χ2n) is 3.37. The van der Waals surface area contributed by atoms with Crippen molar-refractivity contribution in [1.82, 2.24) is 4.98 Å². The summed E-state index contributed by atoms with van der Waals surface area (Å²) in [5.41, 5.74) is 0.132. The van der Waals surface area contributed by atoms with Crippen LogP contribution in [0.4, 0.5) is 10.2 Å². The number of rotatable bonds is 2. The topological polar surface area (TPSA) is 36.4 Å². The Kier molecular flexibility index (Phi) is 2.68. The van der Waals surface area contributed by atoms with Gasteiger partial charge in [-0.3, -0.25) is 0 Å². The lowest BCUT2D eigenvalue weighted by Crippen LogP contribution is -2.24. The van der Waals surface area contributed by atoms with Gasteiger partial charge in [0.25, 0.3) is 0 Å². The third-order valence-electron chi connectivity index (χ3n) is 2.43. The van der Waals surface area contributed by atoms with Gasteiger partial charge in [0.05, 0.1) is 0 Å². The molecule has 0 saturated carbocycles. The summed E-state index contributed by atoms with van der Waals surface area (Å²) >= 11 is 0. The molecule has 14 heavy (non-hydrogen) atoms. The van der Waals surface area contributed by atoms with Gasteiger partial charge in [-0.25, -0.2) is 4.98 Å². The van der Waals surface area contributed by atoms with Crippen LogP contribution in [0.2, 0.25) is 0 Å². The maximum atomic E-state index is 13.2. The van der Waals surface area contributed by atoms with Crippen LogP contribution in [0.3, 0.4) is 0 Å². The second kappa shape index (κ2) is 3.96. The molecule has 0 spiro atoms. The first-order valence-electron chi connectivity index (χ1n) is 4.70. The molecule has 0 aromatic carbocycles. The number of hydrogen-bond acceptors (Lipinski definition) is 3. The van der Waals surface area contributed by atoms with E-state index in [-0.39, 0.29) is 5.46 Å². The largest absolute Gasteiger partial charge is 0.450 e. The fraction of sp³-hybridized carbons (Fsp3) is 0.444. The molecule has 0 unspecified atom stereocenters. The van der Waals surface area contributed by atoms with Gasteiger partial charge >= 0.3 is 7.48 Å².